The van der Waals surface area contributed by atoms with E-state index in [0.717, 1.165) is 38.8 Å². The molecule has 1 unspecified atom stereocenters. The molecule has 1 aliphatic rings. The van der Waals surface area contributed by atoms with Crippen LogP contribution in [0.2, 0.25) is 0 Å². The topological polar surface area (TPSA) is 32.3 Å². The highest BCUT2D eigenvalue weighted by molar-refractivity contribution is 7.10. The van der Waals surface area contributed by atoms with Gasteiger partial charge in [0.05, 0.1) is 5.92 Å². The lowest BCUT2D eigenvalue weighted by molar-refractivity contribution is -0.131. The molecule has 0 saturated heterocycles. The number of hydrogen-bond donors (Lipinski definition) is 1. The Hall–Kier alpha value is -0.870. The Balaban J connectivity index is 1.98. The maximum Gasteiger partial charge on any atom is 0.229 e. The second-order valence-electron chi connectivity index (χ2n) is 4.96. The zero-order valence-electron chi connectivity index (χ0n) is 11.2. The van der Waals surface area contributed by atoms with E-state index in [0.29, 0.717) is 5.91 Å². The van der Waals surface area contributed by atoms with Crippen molar-refractivity contribution < 1.29 is 4.79 Å². The van der Waals surface area contributed by atoms with E-state index in [9.17, 15) is 4.79 Å². The molecule has 100 valence electrons. The van der Waals surface area contributed by atoms with Crippen LogP contribution in [0.1, 0.15) is 35.6 Å². The molecule has 0 saturated carbocycles. The predicted molar refractivity (Wildman–Crippen MR) is 76.2 cm³/mol. The molecule has 0 aliphatic heterocycles. The van der Waals surface area contributed by atoms with Crippen molar-refractivity contribution in [3.8, 4) is 0 Å². The molecule has 18 heavy (non-hydrogen) atoms. The summed E-state index contributed by atoms with van der Waals surface area (Å²) in [4.78, 5) is 15.8. The lowest BCUT2D eigenvalue weighted by Crippen LogP contribution is -2.34. The number of likely N-dealkylation sites (N-methyl/N-ethyl adjacent to an activating group) is 1. The zero-order valence-corrected chi connectivity index (χ0v) is 12.1. The fourth-order valence-corrected chi connectivity index (χ4v) is 3.60. The third-order valence-electron chi connectivity index (χ3n) is 3.65. The molecule has 2 rings (SSSR count). The Labute approximate surface area is 113 Å². The van der Waals surface area contributed by atoms with Crippen molar-refractivity contribution in [2.75, 3.05) is 27.2 Å². The highest BCUT2D eigenvalue weighted by Crippen LogP contribution is 2.35. The predicted octanol–water partition coefficient (Wildman–Crippen LogP) is 2.24. The lowest BCUT2D eigenvalue weighted by atomic mass is 9.87. The number of carbonyl (C=O) groups is 1. The van der Waals surface area contributed by atoms with Gasteiger partial charge in [0, 0.05) is 18.5 Å². The maximum absolute atomic E-state index is 12.5. The number of carbonyl (C=O) groups excluding carboxylic acids is 1. The molecule has 0 fully saturated rings. The van der Waals surface area contributed by atoms with Crippen LogP contribution >= 0.6 is 11.3 Å². The van der Waals surface area contributed by atoms with E-state index in [4.69, 9.17) is 0 Å². The first kappa shape index (κ1) is 13.6. The number of amides is 1. The Kier molecular flexibility index (Phi) is 4.78. The number of rotatable bonds is 5. The van der Waals surface area contributed by atoms with Gasteiger partial charge in [0.1, 0.15) is 0 Å². The van der Waals surface area contributed by atoms with E-state index in [1.807, 2.05) is 19.0 Å². The summed E-state index contributed by atoms with van der Waals surface area (Å²) in [5, 5.41) is 5.24. The van der Waals surface area contributed by atoms with Crippen LogP contribution in [-0.4, -0.2) is 38.0 Å². The van der Waals surface area contributed by atoms with Gasteiger partial charge in [-0.05, 0) is 56.3 Å². The second kappa shape index (κ2) is 6.34. The Morgan fingerprint density at radius 2 is 2.44 bits per heavy atom. The van der Waals surface area contributed by atoms with Gasteiger partial charge in [0.25, 0.3) is 0 Å². The number of fused-ring (bicyclic) bond motifs is 1. The number of nitrogens with zero attached hydrogens (tertiary/aromatic N) is 1. The van der Waals surface area contributed by atoms with Crippen LogP contribution in [0.5, 0.6) is 0 Å². The van der Waals surface area contributed by atoms with Gasteiger partial charge in [0.2, 0.25) is 5.91 Å². The van der Waals surface area contributed by atoms with Gasteiger partial charge in [0.15, 0.2) is 0 Å². The summed E-state index contributed by atoms with van der Waals surface area (Å²) in [6, 6.07) is 2.14. The lowest BCUT2D eigenvalue weighted by Gasteiger charge is -2.27. The third-order valence-corrected chi connectivity index (χ3v) is 4.64. The summed E-state index contributed by atoms with van der Waals surface area (Å²) in [6.07, 6.45) is 4.33. The third kappa shape index (κ3) is 2.93. The van der Waals surface area contributed by atoms with Gasteiger partial charge in [-0.2, -0.15) is 0 Å². The summed E-state index contributed by atoms with van der Waals surface area (Å²) >= 11 is 1.80. The zero-order chi connectivity index (χ0) is 13.0. The van der Waals surface area contributed by atoms with Crippen LogP contribution in [0.4, 0.5) is 0 Å². The van der Waals surface area contributed by atoms with Crippen LogP contribution in [0, 0.1) is 0 Å². The number of hydrogen-bond acceptors (Lipinski definition) is 3. The standard InChI is InChI=1S/C14H22N2OS/c1-15-8-4-9-16(2)14(17)12-5-3-6-13-11(12)7-10-18-13/h7,10,12,15H,3-6,8-9H2,1-2H3. The smallest absolute Gasteiger partial charge is 0.229 e. The Bertz CT molecular complexity index is 402. The van der Waals surface area contributed by atoms with Gasteiger partial charge < -0.3 is 10.2 Å². The molecule has 1 atom stereocenters. The monoisotopic (exact) mass is 266 g/mol. The number of nitrogens with one attached hydrogen (secondary N) is 1. The fraction of sp³-hybridized carbons (Fsp3) is 0.643. The average Bonchev–Trinajstić information content (AvgIpc) is 2.86. The molecule has 1 aromatic heterocycles. The van der Waals surface area contributed by atoms with Crippen LogP contribution < -0.4 is 5.32 Å². The Morgan fingerprint density at radius 1 is 1.61 bits per heavy atom. The van der Waals surface area contributed by atoms with Gasteiger partial charge in [-0.3, -0.25) is 4.79 Å². The van der Waals surface area contributed by atoms with Gasteiger partial charge in [-0.15, -0.1) is 11.3 Å². The largest absolute Gasteiger partial charge is 0.345 e. The summed E-state index contributed by atoms with van der Waals surface area (Å²) < 4.78 is 0. The number of thiophene rings is 1. The van der Waals surface area contributed by atoms with Gasteiger partial charge >= 0.3 is 0 Å². The van der Waals surface area contributed by atoms with Gasteiger partial charge in [-0.25, -0.2) is 0 Å². The highest BCUT2D eigenvalue weighted by Gasteiger charge is 2.29. The van der Waals surface area contributed by atoms with E-state index in [2.05, 4.69) is 16.8 Å². The SMILES string of the molecule is CNCCCN(C)C(=O)C1CCCc2sccc21. The summed E-state index contributed by atoms with van der Waals surface area (Å²) in [6.45, 7) is 1.81. The van der Waals surface area contributed by atoms with Crippen molar-refractivity contribution in [2.24, 2.45) is 0 Å². The first-order valence-electron chi connectivity index (χ1n) is 6.70. The van der Waals surface area contributed by atoms with Crippen molar-refractivity contribution in [3.05, 3.63) is 21.9 Å². The fourth-order valence-electron chi connectivity index (χ4n) is 2.61. The van der Waals surface area contributed by atoms with Crippen LogP contribution in [0.25, 0.3) is 0 Å². The molecule has 1 N–H and O–H groups in total. The molecule has 0 spiro atoms. The molecule has 1 amide bonds. The van der Waals surface area contributed by atoms with Crippen LogP contribution in [0.15, 0.2) is 11.4 Å². The summed E-state index contributed by atoms with van der Waals surface area (Å²) in [5.41, 5.74) is 1.29. The van der Waals surface area contributed by atoms with Crippen molar-refractivity contribution in [2.45, 2.75) is 31.6 Å². The van der Waals surface area contributed by atoms with Crippen molar-refractivity contribution >= 4 is 17.2 Å². The quantitative estimate of drug-likeness (QED) is 0.829. The minimum atomic E-state index is 0.111. The Morgan fingerprint density at radius 3 is 3.22 bits per heavy atom. The average molecular weight is 266 g/mol. The van der Waals surface area contributed by atoms with Crippen molar-refractivity contribution in [3.63, 3.8) is 0 Å². The van der Waals surface area contributed by atoms with Crippen molar-refractivity contribution in [1.82, 2.24) is 10.2 Å². The highest BCUT2D eigenvalue weighted by atomic mass is 32.1. The van der Waals surface area contributed by atoms with E-state index in [1.54, 1.807) is 11.3 Å². The van der Waals surface area contributed by atoms with Gasteiger partial charge in [-0.1, -0.05) is 0 Å². The molecule has 1 aromatic rings. The first-order valence-corrected chi connectivity index (χ1v) is 7.58. The molecule has 1 aliphatic carbocycles. The summed E-state index contributed by atoms with van der Waals surface area (Å²) in [7, 11) is 3.87. The molecule has 0 radical (unpaired) electrons. The molecular weight excluding hydrogens is 244 g/mol. The number of aryl methyl sites for hydroxylation is 1. The first-order chi connectivity index (χ1) is 8.74. The second-order valence-corrected chi connectivity index (χ2v) is 5.96. The minimum Gasteiger partial charge on any atom is -0.345 e. The van der Waals surface area contributed by atoms with Crippen LogP contribution in [0.3, 0.4) is 0 Å². The van der Waals surface area contributed by atoms with Crippen molar-refractivity contribution in [1.29, 1.82) is 0 Å². The van der Waals surface area contributed by atoms with E-state index >= 15 is 0 Å². The molecule has 1 heterocycles. The molecule has 4 heteroatoms. The minimum absolute atomic E-state index is 0.111. The van der Waals surface area contributed by atoms with E-state index < -0.39 is 0 Å². The van der Waals surface area contributed by atoms with E-state index in [1.165, 1.54) is 10.4 Å². The molecule has 3 nitrogen and oxygen atoms in total. The van der Waals surface area contributed by atoms with Crippen LogP contribution in [-0.2, 0) is 11.2 Å². The molecular formula is C14H22N2OS. The molecule has 0 bridgehead atoms. The molecule has 0 aromatic carbocycles. The van der Waals surface area contributed by atoms with E-state index in [-0.39, 0.29) is 5.92 Å². The maximum atomic E-state index is 12.5. The summed E-state index contributed by atoms with van der Waals surface area (Å²) in [5.74, 6) is 0.407. The normalized spacial score (nSPS) is 18.4.